The molecular weight excluding hydrogens is 170 g/mol. The molecule has 0 aliphatic rings. The summed E-state index contributed by atoms with van der Waals surface area (Å²) in [5.74, 6) is -1.27. The fourth-order valence-corrected chi connectivity index (χ4v) is 0.690. The minimum absolute atomic E-state index is 0.157. The molecule has 0 bridgehead atoms. The number of nitrogens with one attached hydrogen (secondary N) is 1. The Labute approximate surface area is 66.2 Å². The van der Waals surface area contributed by atoms with Crippen molar-refractivity contribution in [1.29, 1.82) is 0 Å². The van der Waals surface area contributed by atoms with Crippen LogP contribution in [0.4, 0.5) is 8.78 Å². The highest BCUT2D eigenvalue weighted by Gasteiger charge is 2.15. The van der Waals surface area contributed by atoms with Crippen LogP contribution in [0.1, 0.15) is 22.4 Å². The molecule has 66 valence electrons. The van der Waals surface area contributed by atoms with Crippen molar-refractivity contribution in [3.8, 4) is 0 Å². The van der Waals surface area contributed by atoms with Crippen molar-refractivity contribution < 1.29 is 18.7 Å². The summed E-state index contributed by atoms with van der Waals surface area (Å²) in [5.41, 5.74) is -0.476. The van der Waals surface area contributed by atoms with Gasteiger partial charge >= 0.3 is 5.97 Å². The summed E-state index contributed by atoms with van der Waals surface area (Å²) < 4.78 is 24.2. The molecule has 1 unspecified atom stereocenters. The zero-order valence-electron chi connectivity index (χ0n) is 5.92. The summed E-state index contributed by atoms with van der Waals surface area (Å²) in [5, 5.41) is 13.7. The Morgan fingerprint density at radius 2 is 2.50 bits per heavy atom. The van der Waals surface area contributed by atoms with Gasteiger partial charge in [-0.2, -0.15) is 5.10 Å². The molecule has 1 aromatic rings. The van der Waals surface area contributed by atoms with Gasteiger partial charge in [0.05, 0.1) is 5.69 Å². The minimum atomic E-state index is -1.83. The summed E-state index contributed by atoms with van der Waals surface area (Å²) in [6.45, 7) is -1.19. The number of halogens is 2. The van der Waals surface area contributed by atoms with Gasteiger partial charge < -0.3 is 5.11 Å². The number of hydrogen-bond donors (Lipinski definition) is 2. The normalized spacial score (nSPS) is 12.8. The van der Waals surface area contributed by atoms with E-state index in [1.807, 2.05) is 0 Å². The number of aromatic carboxylic acids is 1. The van der Waals surface area contributed by atoms with Crippen LogP contribution in [0.15, 0.2) is 6.07 Å². The first kappa shape index (κ1) is 8.63. The van der Waals surface area contributed by atoms with E-state index in [0.717, 1.165) is 6.07 Å². The SMILES string of the molecule is O=C(O)c1cc(C(F)CF)[nH]n1. The number of H-pyrrole nitrogens is 1. The molecule has 12 heavy (non-hydrogen) atoms. The summed E-state index contributed by atoms with van der Waals surface area (Å²) in [6.07, 6.45) is -1.83. The molecule has 1 rings (SSSR count). The number of aromatic nitrogens is 2. The van der Waals surface area contributed by atoms with E-state index in [1.165, 1.54) is 0 Å². The highest BCUT2D eigenvalue weighted by Crippen LogP contribution is 2.15. The first-order chi connectivity index (χ1) is 5.65. The molecule has 0 fully saturated rings. The van der Waals surface area contributed by atoms with Gasteiger partial charge in [0, 0.05) is 0 Å². The van der Waals surface area contributed by atoms with E-state index in [2.05, 4.69) is 10.2 Å². The van der Waals surface area contributed by atoms with Crippen molar-refractivity contribution in [3.05, 3.63) is 17.5 Å². The van der Waals surface area contributed by atoms with Gasteiger partial charge in [-0.3, -0.25) is 5.10 Å². The number of hydrogen-bond acceptors (Lipinski definition) is 2. The van der Waals surface area contributed by atoms with E-state index in [0.29, 0.717) is 0 Å². The van der Waals surface area contributed by atoms with Crippen LogP contribution >= 0.6 is 0 Å². The molecule has 6 heteroatoms. The van der Waals surface area contributed by atoms with Crippen LogP contribution in [-0.4, -0.2) is 27.9 Å². The smallest absolute Gasteiger partial charge is 0.356 e. The molecule has 0 aliphatic heterocycles. The Balaban J connectivity index is 2.84. The third-order valence-electron chi connectivity index (χ3n) is 1.29. The fraction of sp³-hybridized carbons (Fsp3) is 0.333. The van der Waals surface area contributed by atoms with Crippen LogP contribution in [0, 0.1) is 0 Å². The van der Waals surface area contributed by atoms with E-state index in [1.54, 1.807) is 0 Å². The molecular formula is C6H6F2N2O2. The number of aromatic amines is 1. The van der Waals surface area contributed by atoms with Crippen molar-refractivity contribution in [1.82, 2.24) is 10.2 Å². The third-order valence-corrected chi connectivity index (χ3v) is 1.29. The molecule has 0 radical (unpaired) electrons. The molecule has 1 aromatic heterocycles. The standard InChI is InChI=1S/C6H6F2N2O2/c7-2-3(8)4-1-5(6(11)12)10-9-4/h1,3H,2H2,(H,9,10)(H,11,12). The Hall–Kier alpha value is -1.46. The van der Waals surface area contributed by atoms with E-state index >= 15 is 0 Å². The first-order valence-corrected chi connectivity index (χ1v) is 3.13. The molecule has 0 aromatic carbocycles. The maximum atomic E-state index is 12.5. The largest absolute Gasteiger partial charge is 0.476 e. The molecule has 1 atom stereocenters. The van der Waals surface area contributed by atoms with Gasteiger partial charge in [0.25, 0.3) is 0 Å². The van der Waals surface area contributed by atoms with Gasteiger partial charge in [-0.25, -0.2) is 13.6 Å². The lowest BCUT2D eigenvalue weighted by Gasteiger charge is -1.95. The molecule has 0 spiro atoms. The second-order valence-electron chi connectivity index (χ2n) is 2.14. The molecule has 0 aliphatic carbocycles. The van der Waals surface area contributed by atoms with Crippen molar-refractivity contribution in [2.75, 3.05) is 6.67 Å². The number of nitrogens with zero attached hydrogens (tertiary/aromatic N) is 1. The van der Waals surface area contributed by atoms with Crippen LogP contribution < -0.4 is 0 Å². The second kappa shape index (κ2) is 3.29. The van der Waals surface area contributed by atoms with Crippen LogP contribution in [0.5, 0.6) is 0 Å². The molecule has 2 N–H and O–H groups in total. The van der Waals surface area contributed by atoms with Crippen LogP contribution in [0.2, 0.25) is 0 Å². The van der Waals surface area contributed by atoms with Crippen molar-refractivity contribution in [2.24, 2.45) is 0 Å². The maximum Gasteiger partial charge on any atom is 0.356 e. The van der Waals surface area contributed by atoms with Gasteiger partial charge in [0.15, 0.2) is 11.9 Å². The van der Waals surface area contributed by atoms with Crippen LogP contribution in [-0.2, 0) is 0 Å². The summed E-state index contributed by atoms with van der Waals surface area (Å²) in [7, 11) is 0. The molecule has 1 heterocycles. The summed E-state index contributed by atoms with van der Waals surface area (Å²) in [6, 6.07) is 0.965. The lowest BCUT2D eigenvalue weighted by Crippen LogP contribution is -1.95. The lowest BCUT2D eigenvalue weighted by atomic mass is 10.3. The topological polar surface area (TPSA) is 66.0 Å². The van der Waals surface area contributed by atoms with Crippen LogP contribution in [0.3, 0.4) is 0 Å². The molecule has 0 saturated heterocycles. The Morgan fingerprint density at radius 1 is 1.83 bits per heavy atom. The number of carboxylic acid groups (broad SMARTS) is 1. The minimum Gasteiger partial charge on any atom is -0.476 e. The fourth-order valence-electron chi connectivity index (χ4n) is 0.690. The van der Waals surface area contributed by atoms with Gasteiger partial charge in [-0.05, 0) is 6.07 Å². The van der Waals surface area contributed by atoms with Gasteiger partial charge in [0.1, 0.15) is 6.67 Å². The zero-order valence-corrected chi connectivity index (χ0v) is 5.92. The van der Waals surface area contributed by atoms with Crippen molar-refractivity contribution in [2.45, 2.75) is 6.17 Å². The number of alkyl halides is 2. The Morgan fingerprint density at radius 3 is 2.92 bits per heavy atom. The predicted molar refractivity (Wildman–Crippen MR) is 35.4 cm³/mol. The molecule has 4 nitrogen and oxygen atoms in total. The van der Waals surface area contributed by atoms with E-state index in [-0.39, 0.29) is 11.4 Å². The quantitative estimate of drug-likeness (QED) is 0.724. The molecule has 0 amide bonds. The second-order valence-corrected chi connectivity index (χ2v) is 2.14. The monoisotopic (exact) mass is 176 g/mol. The predicted octanol–water partition coefficient (Wildman–Crippen LogP) is 1.09. The van der Waals surface area contributed by atoms with Crippen molar-refractivity contribution in [3.63, 3.8) is 0 Å². The summed E-state index contributed by atoms with van der Waals surface area (Å²) >= 11 is 0. The van der Waals surface area contributed by atoms with E-state index in [4.69, 9.17) is 5.11 Å². The molecule has 0 saturated carbocycles. The Bertz CT molecular complexity index is 287. The zero-order chi connectivity index (χ0) is 9.14. The van der Waals surface area contributed by atoms with Crippen molar-refractivity contribution >= 4 is 5.97 Å². The first-order valence-electron chi connectivity index (χ1n) is 3.13. The number of carboxylic acids is 1. The average Bonchev–Trinajstić information content (AvgIpc) is 2.51. The summed E-state index contributed by atoms with van der Waals surface area (Å²) in [4.78, 5) is 10.2. The average molecular weight is 176 g/mol. The van der Waals surface area contributed by atoms with Crippen LogP contribution in [0.25, 0.3) is 0 Å². The van der Waals surface area contributed by atoms with Gasteiger partial charge in [0.2, 0.25) is 0 Å². The van der Waals surface area contributed by atoms with Gasteiger partial charge in [-0.15, -0.1) is 0 Å². The number of carbonyl (C=O) groups is 1. The highest BCUT2D eigenvalue weighted by molar-refractivity contribution is 5.85. The Kier molecular flexibility index (Phi) is 2.37. The third kappa shape index (κ3) is 1.58. The van der Waals surface area contributed by atoms with Gasteiger partial charge in [-0.1, -0.05) is 0 Å². The van der Waals surface area contributed by atoms with E-state index in [9.17, 15) is 13.6 Å². The lowest BCUT2D eigenvalue weighted by molar-refractivity contribution is 0.0690. The number of rotatable bonds is 3. The maximum absolute atomic E-state index is 12.5. The van der Waals surface area contributed by atoms with E-state index < -0.39 is 18.8 Å². The highest BCUT2D eigenvalue weighted by atomic mass is 19.2.